The van der Waals surface area contributed by atoms with Gasteiger partial charge in [0.2, 0.25) is 5.91 Å². The summed E-state index contributed by atoms with van der Waals surface area (Å²) < 4.78 is 0. The minimum atomic E-state index is -0.449. The first kappa shape index (κ1) is 15.9. The van der Waals surface area contributed by atoms with E-state index in [0.717, 1.165) is 5.56 Å². The number of likely N-dealkylation sites (N-methyl/N-ethyl adjacent to an activating group) is 1. The van der Waals surface area contributed by atoms with Crippen molar-refractivity contribution in [1.82, 2.24) is 4.90 Å². The number of carbonyl (C=O) groups excluding carboxylic acids is 1. The summed E-state index contributed by atoms with van der Waals surface area (Å²) in [6.45, 7) is 3.96. The lowest BCUT2D eigenvalue weighted by Crippen LogP contribution is -2.45. The van der Waals surface area contributed by atoms with Gasteiger partial charge in [0.25, 0.3) is 0 Å². The van der Waals surface area contributed by atoms with Gasteiger partial charge in [-0.2, -0.15) is 0 Å². The molecule has 0 aliphatic rings. The maximum Gasteiger partial charge on any atom is 0.239 e. The average Bonchev–Trinajstić information content (AvgIpc) is 2.28. The first-order valence-corrected chi connectivity index (χ1v) is 5.58. The topological polar surface area (TPSA) is 46.3 Å². The van der Waals surface area contributed by atoms with Crippen LogP contribution in [0, 0.1) is 0 Å². The molecular formula is C13H21ClN2O. The molecule has 0 aliphatic heterocycles. The number of benzene rings is 1. The Balaban J connectivity index is 0.00000256. The van der Waals surface area contributed by atoms with Crippen molar-refractivity contribution in [1.29, 1.82) is 0 Å². The van der Waals surface area contributed by atoms with E-state index < -0.39 is 6.04 Å². The molecule has 1 aromatic rings. The first-order chi connectivity index (χ1) is 7.52. The van der Waals surface area contributed by atoms with Gasteiger partial charge in [-0.25, -0.2) is 0 Å². The molecule has 0 fully saturated rings. The maximum atomic E-state index is 11.9. The van der Waals surface area contributed by atoms with E-state index in [2.05, 4.69) is 0 Å². The minimum Gasteiger partial charge on any atom is -0.342 e. The van der Waals surface area contributed by atoms with Gasteiger partial charge in [-0.3, -0.25) is 4.79 Å². The highest BCUT2D eigenvalue weighted by Gasteiger charge is 2.19. The molecule has 0 bridgehead atoms. The van der Waals surface area contributed by atoms with Gasteiger partial charge >= 0.3 is 0 Å². The highest BCUT2D eigenvalue weighted by Crippen LogP contribution is 2.05. The Morgan fingerprint density at radius 2 is 1.82 bits per heavy atom. The second-order valence-electron chi connectivity index (χ2n) is 4.34. The second kappa shape index (κ2) is 7.30. The van der Waals surface area contributed by atoms with Crippen molar-refractivity contribution in [3.8, 4) is 0 Å². The molecule has 3 nitrogen and oxygen atoms in total. The van der Waals surface area contributed by atoms with Crippen LogP contribution in [0.2, 0.25) is 0 Å². The van der Waals surface area contributed by atoms with Gasteiger partial charge in [0.05, 0.1) is 6.04 Å². The lowest BCUT2D eigenvalue weighted by atomic mass is 10.1. The predicted octanol–water partition coefficient (Wildman–Crippen LogP) is 1.84. The Morgan fingerprint density at radius 1 is 1.29 bits per heavy atom. The Hall–Kier alpha value is -1.06. The van der Waals surface area contributed by atoms with E-state index in [0.29, 0.717) is 6.42 Å². The molecule has 4 heteroatoms. The van der Waals surface area contributed by atoms with Gasteiger partial charge in [-0.15, -0.1) is 12.4 Å². The molecule has 2 N–H and O–H groups in total. The summed E-state index contributed by atoms with van der Waals surface area (Å²) in [4.78, 5) is 13.6. The molecule has 0 heterocycles. The van der Waals surface area contributed by atoms with Crippen LogP contribution in [-0.4, -0.2) is 29.9 Å². The van der Waals surface area contributed by atoms with Crippen LogP contribution >= 0.6 is 12.4 Å². The Kier molecular flexibility index (Phi) is 6.85. The molecular weight excluding hydrogens is 236 g/mol. The zero-order valence-electron chi connectivity index (χ0n) is 10.6. The average molecular weight is 257 g/mol. The van der Waals surface area contributed by atoms with Crippen molar-refractivity contribution in [3.63, 3.8) is 0 Å². The number of rotatable bonds is 4. The van der Waals surface area contributed by atoms with E-state index in [1.54, 1.807) is 11.9 Å². The molecule has 96 valence electrons. The van der Waals surface area contributed by atoms with Crippen molar-refractivity contribution in [2.45, 2.75) is 32.4 Å². The molecule has 1 aromatic carbocycles. The molecule has 0 saturated carbocycles. The van der Waals surface area contributed by atoms with Crippen LogP contribution in [0.5, 0.6) is 0 Å². The van der Waals surface area contributed by atoms with Gasteiger partial charge in [0.1, 0.15) is 0 Å². The fraction of sp³-hybridized carbons (Fsp3) is 0.462. The largest absolute Gasteiger partial charge is 0.342 e. The van der Waals surface area contributed by atoms with E-state index in [1.807, 2.05) is 44.2 Å². The Bertz CT molecular complexity index is 341. The van der Waals surface area contributed by atoms with Crippen molar-refractivity contribution in [3.05, 3.63) is 35.9 Å². The summed E-state index contributed by atoms with van der Waals surface area (Å²) in [7, 11) is 1.79. The standard InChI is InChI=1S/C13H20N2O.ClH/c1-10(2)15(3)13(16)12(14)9-11-7-5-4-6-8-11;/h4-8,10,12H,9,14H2,1-3H3;1H. The number of nitrogens with zero attached hydrogens (tertiary/aromatic N) is 1. The number of halogens is 1. The molecule has 1 rings (SSSR count). The first-order valence-electron chi connectivity index (χ1n) is 5.58. The molecule has 17 heavy (non-hydrogen) atoms. The van der Waals surface area contributed by atoms with Gasteiger partial charge in [-0.05, 0) is 25.8 Å². The van der Waals surface area contributed by atoms with Gasteiger partial charge < -0.3 is 10.6 Å². The van der Waals surface area contributed by atoms with Gasteiger partial charge in [-0.1, -0.05) is 30.3 Å². The number of amides is 1. The number of carbonyl (C=O) groups is 1. The van der Waals surface area contributed by atoms with Crippen LogP contribution < -0.4 is 5.73 Å². The predicted molar refractivity (Wildman–Crippen MR) is 73.3 cm³/mol. The van der Waals surface area contributed by atoms with Crippen LogP contribution in [0.1, 0.15) is 19.4 Å². The van der Waals surface area contributed by atoms with E-state index >= 15 is 0 Å². The van der Waals surface area contributed by atoms with E-state index in [1.165, 1.54) is 0 Å². The van der Waals surface area contributed by atoms with Crippen molar-refractivity contribution in [2.24, 2.45) is 5.73 Å². The van der Waals surface area contributed by atoms with Crippen LogP contribution in [0.4, 0.5) is 0 Å². The third-order valence-corrected chi connectivity index (χ3v) is 2.74. The lowest BCUT2D eigenvalue weighted by Gasteiger charge is -2.24. The van der Waals surface area contributed by atoms with Crippen LogP contribution in [0.3, 0.4) is 0 Å². The maximum absolute atomic E-state index is 11.9. The molecule has 0 spiro atoms. The molecule has 1 unspecified atom stereocenters. The van der Waals surface area contributed by atoms with Crippen molar-refractivity contribution >= 4 is 18.3 Å². The third kappa shape index (κ3) is 4.75. The van der Waals surface area contributed by atoms with E-state index in [9.17, 15) is 4.79 Å². The second-order valence-corrected chi connectivity index (χ2v) is 4.34. The summed E-state index contributed by atoms with van der Waals surface area (Å²) in [5.41, 5.74) is 6.99. The molecule has 0 aliphatic carbocycles. The molecule has 1 atom stereocenters. The number of hydrogen-bond acceptors (Lipinski definition) is 2. The molecule has 0 saturated heterocycles. The Labute approximate surface area is 109 Å². The molecule has 0 aromatic heterocycles. The highest BCUT2D eigenvalue weighted by atomic mass is 35.5. The summed E-state index contributed by atoms with van der Waals surface area (Å²) >= 11 is 0. The lowest BCUT2D eigenvalue weighted by molar-refractivity contribution is -0.132. The van der Waals surface area contributed by atoms with Crippen LogP contribution in [0.25, 0.3) is 0 Å². The zero-order chi connectivity index (χ0) is 12.1. The summed E-state index contributed by atoms with van der Waals surface area (Å²) in [5.74, 6) is -0.00106. The molecule has 0 radical (unpaired) electrons. The summed E-state index contributed by atoms with van der Waals surface area (Å²) in [5, 5.41) is 0. The van der Waals surface area contributed by atoms with Crippen LogP contribution in [-0.2, 0) is 11.2 Å². The van der Waals surface area contributed by atoms with Gasteiger partial charge in [0.15, 0.2) is 0 Å². The van der Waals surface area contributed by atoms with E-state index in [4.69, 9.17) is 5.73 Å². The normalized spacial score (nSPS) is 11.8. The summed E-state index contributed by atoms with van der Waals surface area (Å²) in [6, 6.07) is 9.59. The van der Waals surface area contributed by atoms with E-state index in [-0.39, 0.29) is 24.4 Å². The Morgan fingerprint density at radius 3 is 2.29 bits per heavy atom. The van der Waals surface area contributed by atoms with Crippen molar-refractivity contribution < 1.29 is 4.79 Å². The zero-order valence-corrected chi connectivity index (χ0v) is 11.4. The minimum absolute atomic E-state index is 0. The fourth-order valence-electron chi connectivity index (χ4n) is 1.47. The quantitative estimate of drug-likeness (QED) is 0.894. The van der Waals surface area contributed by atoms with Crippen LogP contribution in [0.15, 0.2) is 30.3 Å². The molecule has 1 amide bonds. The third-order valence-electron chi connectivity index (χ3n) is 2.74. The number of hydrogen-bond donors (Lipinski definition) is 1. The number of nitrogens with two attached hydrogens (primary N) is 1. The highest BCUT2D eigenvalue weighted by molar-refractivity contribution is 5.85. The van der Waals surface area contributed by atoms with Crippen molar-refractivity contribution in [2.75, 3.05) is 7.05 Å². The van der Waals surface area contributed by atoms with Gasteiger partial charge in [0, 0.05) is 13.1 Å². The monoisotopic (exact) mass is 256 g/mol. The smallest absolute Gasteiger partial charge is 0.239 e. The SMILES string of the molecule is CC(C)N(C)C(=O)C(N)Cc1ccccc1.Cl. The fourth-order valence-corrected chi connectivity index (χ4v) is 1.47. The summed E-state index contributed by atoms with van der Waals surface area (Å²) in [6.07, 6.45) is 0.594.